The molecule has 0 aromatic heterocycles. The van der Waals surface area contributed by atoms with Crippen LogP contribution in [0.5, 0.6) is 0 Å². The van der Waals surface area contributed by atoms with E-state index in [1.54, 1.807) is 0 Å². The molecule has 132 valence electrons. The first kappa shape index (κ1) is 18.5. The average Bonchev–Trinajstić information content (AvgIpc) is 2.72. The standard InChI is InChI=1S/C20H31N3O/c1-14(2)19-20(6,7)22(13-23(19)15(3)4)12-17-8-10-18(11-9-17)21-16(5)24/h8-11,15H,12-13H2,1-7H3,(H,21,24). The van der Waals surface area contributed by atoms with Gasteiger partial charge in [0.2, 0.25) is 5.91 Å². The second-order valence-electron chi connectivity index (χ2n) is 7.69. The zero-order valence-electron chi connectivity index (χ0n) is 16.1. The van der Waals surface area contributed by atoms with Crippen LogP contribution in [-0.2, 0) is 11.3 Å². The third kappa shape index (κ3) is 3.81. The molecule has 0 radical (unpaired) electrons. The number of nitrogens with one attached hydrogen (secondary N) is 1. The molecule has 1 heterocycles. The van der Waals surface area contributed by atoms with E-state index < -0.39 is 0 Å². The molecule has 0 unspecified atom stereocenters. The summed E-state index contributed by atoms with van der Waals surface area (Å²) in [5, 5.41) is 2.82. The minimum atomic E-state index is -0.0378. The van der Waals surface area contributed by atoms with E-state index >= 15 is 0 Å². The molecule has 1 N–H and O–H groups in total. The molecule has 1 aromatic rings. The number of anilines is 1. The zero-order valence-corrected chi connectivity index (χ0v) is 16.1. The van der Waals surface area contributed by atoms with Gasteiger partial charge < -0.3 is 10.2 Å². The van der Waals surface area contributed by atoms with Crippen molar-refractivity contribution in [2.45, 2.75) is 66.6 Å². The number of rotatable bonds is 4. The maximum absolute atomic E-state index is 11.1. The molecule has 1 aliphatic heterocycles. The Morgan fingerprint density at radius 2 is 1.75 bits per heavy atom. The summed E-state index contributed by atoms with van der Waals surface area (Å²) in [6.07, 6.45) is 0. The molecule has 1 saturated heterocycles. The van der Waals surface area contributed by atoms with Gasteiger partial charge in [-0.25, -0.2) is 0 Å². The summed E-state index contributed by atoms with van der Waals surface area (Å²) in [6.45, 7) is 16.9. The first-order valence-electron chi connectivity index (χ1n) is 8.69. The van der Waals surface area contributed by atoms with E-state index in [1.165, 1.54) is 23.8 Å². The minimum absolute atomic E-state index is 0.0133. The predicted molar refractivity (Wildman–Crippen MR) is 101 cm³/mol. The van der Waals surface area contributed by atoms with Crippen LogP contribution in [0.1, 0.15) is 54.0 Å². The molecule has 24 heavy (non-hydrogen) atoms. The summed E-state index contributed by atoms with van der Waals surface area (Å²) in [7, 11) is 0. The third-order valence-electron chi connectivity index (χ3n) is 4.73. The minimum Gasteiger partial charge on any atom is -0.358 e. The molecule has 1 fully saturated rings. The molecule has 0 atom stereocenters. The molecule has 1 amide bonds. The Kier molecular flexibility index (Phi) is 5.38. The van der Waals surface area contributed by atoms with Gasteiger partial charge in [0.25, 0.3) is 0 Å². The number of carbonyl (C=O) groups excluding carboxylic acids is 1. The van der Waals surface area contributed by atoms with Crippen molar-refractivity contribution >= 4 is 11.6 Å². The van der Waals surface area contributed by atoms with Gasteiger partial charge in [-0.1, -0.05) is 17.7 Å². The third-order valence-corrected chi connectivity index (χ3v) is 4.73. The van der Waals surface area contributed by atoms with Crippen LogP contribution < -0.4 is 5.32 Å². The van der Waals surface area contributed by atoms with Gasteiger partial charge in [0.15, 0.2) is 0 Å². The quantitative estimate of drug-likeness (QED) is 0.899. The van der Waals surface area contributed by atoms with Crippen LogP contribution in [-0.4, -0.2) is 34.0 Å². The summed E-state index contributed by atoms with van der Waals surface area (Å²) in [5.41, 5.74) is 4.94. The lowest BCUT2D eigenvalue weighted by molar-refractivity contribution is -0.114. The van der Waals surface area contributed by atoms with E-state index in [4.69, 9.17) is 0 Å². The van der Waals surface area contributed by atoms with Crippen LogP contribution >= 0.6 is 0 Å². The Morgan fingerprint density at radius 3 is 2.17 bits per heavy atom. The number of nitrogens with zero attached hydrogens (tertiary/aromatic N) is 2. The van der Waals surface area contributed by atoms with E-state index in [0.29, 0.717) is 6.04 Å². The van der Waals surface area contributed by atoms with Crippen LogP contribution in [0.15, 0.2) is 35.5 Å². The van der Waals surface area contributed by atoms with E-state index in [2.05, 4.69) is 68.8 Å². The highest BCUT2D eigenvalue weighted by Gasteiger charge is 2.42. The van der Waals surface area contributed by atoms with E-state index in [-0.39, 0.29) is 11.4 Å². The molecule has 0 bridgehead atoms. The van der Waals surface area contributed by atoms with Gasteiger partial charge in [-0.3, -0.25) is 9.69 Å². The predicted octanol–water partition coefficient (Wildman–Crippen LogP) is 4.20. The van der Waals surface area contributed by atoms with Crippen molar-refractivity contribution < 1.29 is 4.79 Å². The van der Waals surface area contributed by atoms with E-state index in [9.17, 15) is 4.79 Å². The van der Waals surface area contributed by atoms with Crippen molar-refractivity contribution in [1.82, 2.24) is 9.80 Å². The van der Waals surface area contributed by atoms with Gasteiger partial charge in [-0.2, -0.15) is 0 Å². The lowest BCUT2D eigenvalue weighted by Gasteiger charge is -2.32. The van der Waals surface area contributed by atoms with Gasteiger partial charge in [-0.15, -0.1) is 0 Å². The Labute approximate surface area is 146 Å². The second kappa shape index (κ2) is 6.98. The van der Waals surface area contributed by atoms with Crippen molar-refractivity contribution in [3.8, 4) is 0 Å². The normalized spacial score (nSPS) is 17.5. The van der Waals surface area contributed by atoms with Crippen LogP contribution in [0.25, 0.3) is 0 Å². The Hall–Kier alpha value is -1.81. The number of allylic oxidation sites excluding steroid dienone is 1. The molecule has 1 aromatic carbocycles. The summed E-state index contributed by atoms with van der Waals surface area (Å²) in [5.74, 6) is -0.0378. The topological polar surface area (TPSA) is 35.6 Å². The highest BCUT2D eigenvalue weighted by atomic mass is 16.1. The lowest BCUT2D eigenvalue weighted by atomic mass is 9.95. The maximum Gasteiger partial charge on any atom is 0.221 e. The van der Waals surface area contributed by atoms with E-state index in [1.807, 2.05) is 12.1 Å². The Bertz CT molecular complexity index is 625. The van der Waals surface area contributed by atoms with Crippen LogP contribution in [0.4, 0.5) is 5.69 Å². The molecule has 0 saturated carbocycles. The van der Waals surface area contributed by atoms with Crippen molar-refractivity contribution in [3.05, 3.63) is 41.1 Å². The average molecular weight is 329 g/mol. The first-order chi connectivity index (χ1) is 11.1. The van der Waals surface area contributed by atoms with Gasteiger partial charge >= 0.3 is 0 Å². The fourth-order valence-corrected chi connectivity index (χ4v) is 3.62. The molecular weight excluding hydrogens is 298 g/mol. The van der Waals surface area contributed by atoms with Gasteiger partial charge in [0, 0.05) is 30.9 Å². The summed E-state index contributed by atoms with van der Waals surface area (Å²) in [6, 6.07) is 8.63. The number of carbonyl (C=O) groups is 1. The van der Waals surface area contributed by atoms with E-state index in [0.717, 1.165) is 18.9 Å². The molecular formula is C20H31N3O. The number of benzene rings is 1. The zero-order chi connectivity index (χ0) is 18.1. The van der Waals surface area contributed by atoms with Gasteiger partial charge in [0.05, 0.1) is 12.2 Å². The monoisotopic (exact) mass is 329 g/mol. The Balaban J connectivity index is 2.20. The SMILES string of the molecule is CC(=O)Nc1ccc(CN2CN(C(C)C)C(=C(C)C)C2(C)C)cc1. The van der Waals surface area contributed by atoms with Gasteiger partial charge in [0.1, 0.15) is 0 Å². The fraction of sp³-hybridized carbons (Fsp3) is 0.550. The van der Waals surface area contributed by atoms with Crippen LogP contribution in [0.2, 0.25) is 0 Å². The largest absolute Gasteiger partial charge is 0.358 e. The lowest BCUT2D eigenvalue weighted by Crippen LogP contribution is -2.38. The van der Waals surface area contributed by atoms with Crippen LogP contribution in [0, 0.1) is 0 Å². The second-order valence-corrected chi connectivity index (χ2v) is 7.69. The fourth-order valence-electron chi connectivity index (χ4n) is 3.62. The van der Waals surface area contributed by atoms with Crippen molar-refractivity contribution in [3.63, 3.8) is 0 Å². The van der Waals surface area contributed by atoms with Crippen molar-refractivity contribution in [2.75, 3.05) is 12.0 Å². The number of amides is 1. The summed E-state index contributed by atoms with van der Waals surface area (Å²) in [4.78, 5) is 16.1. The first-order valence-corrected chi connectivity index (χ1v) is 8.69. The molecule has 0 aliphatic carbocycles. The van der Waals surface area contributed by atoms with Gasteiger partial charge in [-0.05, 0) is 59.2 Å². The smallest absolute Gasteiger partial charge is 0.221 e. The summed E-state index contributed by atoms with van der Waals surface area (Å²) < 4.78 is 0. The van der Waals surface area contributed by atoms with Crippen LogP contribution in [0.3, 0.4) is 0 Å². The highest BCUT2D eigenvalue weighted by Crippen LogP contribution is 2.38. The molecule has 4 nitrogen and oxygen atoms in total. The Morgan fingerprint density at radius 1 is 1.17 bits per heavy atom. The van der Waals surface area contributed by atoms with Crippen molar-refractivity contribution in [1.29, 1.82) is 0 Å². The van der Waals surface area contributed by atoms with Crippen molar-refractivity contribution in [2.24, 2.45) is 0 Å². The number of hydrogen-bond acceptors (Lipinski definition) is 3. The maximum atomic E-state index is 11.1. The number of hydrogen-bond donors (Lipinski definition) is 1. The highest BCUT2D eigenvalue weighted by molar-refractivity contribution is 5.88. The molecule has 4 heteroatoms. The molecule has 0 spiro atoms. The molecule has 1 aliphatic rings. The molecule has 2 rings (SSSR count). The summed E-state index contributed by atoms with van der Waals surface area (Å²) >= 11 is 0.